The van der Waals surface area contributed by atoms with Gasteiger partial charge in [0.2, 0.25) is 0 Å². The molecule has 2 aromatic rings. The van der Waals surface area contributed by atoms with Crippen LogP contribution in [0.5, 0.6) is 0 Å². The van der Waals surface area contributed by atoms with Crippen LogP contribution in [-0.2, 0) is 0 Å². The predicted molar refractivity (Wildman–Crippen MR) is 78.0 cm³/mol. The van der Waals surface area contributed by atoms with Gasteiger partial charge in [-0.05, 0) is 17.2 Å². The van der Waals surface area contributed by atoms with Gasteiger partial charge in [0.15, 0.2) is 0 Å². The first kappa shape index (κ1) is 13.7. The van der Waals surface area contributed by atoms with Gasteiger partial charge in [-0.3, -0.25) is 5.32 Å². The van der Waals surface area contributed by atoms with Crippen LogP contribution in [0.2, 0.25) is 0 Å². The van der Waals surface area contributed by atoms with Crippen LogP contribution in [-0.4, -0.2) is 23.8 Å². The molecule has 1 fully saturated rings. The maximum Gasteiger partial charge on any atom is 0.131 e. The summed E-state index contributed by atoms with van der Waals surface area (Å²) in [4.78, 5) is 0. The topological polar surface area (TPSA) is 56.0 Å². The molecule has 4 heteroatoms. The summed E-state index contributed by atoms with van der Waals surface area (Å²) < 4.78 is 13.8. The van der Waals surface area contributed by atoms with Crippen molar-refractivity contribution < 1.29 is 9.50 Å². The van der Waals surface area contributed by atoms with Crippen LogP contribution in [0.1, 0.15) is 11.5 Å². The molecule has 0 saturated carbocycles. The third-order valence-corrected chi connectivity index (χ3v) is 4.00. The molecule has 1 saturated heterocycles. The molecular formula is C17H15FN2O. The molecule has 0 radical (unpaired) electrons. The molecule has 1 heterocycles. The minimum atomic E-state index is -0.276. The normalized spacial score (nSPS) is 24.1. The molecule has 3 nitrogen and oxygen atoms in total. The Balaban J connectivity index is 1.88. The summed E-state index contributed by atoms with van der Waals surface area (Å²) in [5.74, 6) is -0.270. The van der Waals surface area contributed by atoms with E-state index in [0.717, 1.165) is 11.1 Å². The first-order chi connectivity index (χ1) is 10.2. The zero-order valence-electron chi connectivity index (χ0n) is 11.3. The molecule has 2 aromatic carbocycles. The second-order valence-electron chi connectivity index (χ2n) is 5.19. The Kier molecular flexibility index (Phi) is 3.70. The van der Waals surface area contributed by atoms with E-state index in [9.17, 15) is 9.50 Å². The van der Waals surface area contributed by atoms with Crippen LogP contribution in [0.3, 0.4) is 0 Å². The van der Waals surface area contributed by atoms with Gasteiger partial charge < -0.3 is 5.11 Å². The number of nitrogens with one attached hydrogen (secondary N) is 1. The van der Waals surface area contributed by atoms with Gasteiger partial charge >= 0.3 is 0 Å². The lowest BCUT2D eigenvalue weighted by molar-refractivity contribution is 0.151. The maximum absolute atomic E-state index is 13.8. The number of aliphatic hydroxyl groups is 1. The minimum Gasteiger partial charge on any atom is -0.395 e. The molecule has 1 aliphatic heterocycles. The van der Waals surface area contributed by atoms with Crippen molar-refractivity contribution in [3.63, 3.8) is 0 Å². The van der Waals surface area contributed by atoms with Crippen molar-refractivity contribution in [3.8, 4) is 17.2 Å². The highest BCUT2D eigenvalue weighted by Crippen LogP contribution is 2.33. The van der Waals surface area contributed by atoms with E-state index in [2.05, 4.69) is 11.4 Å². The van der Waals surface area contributed by atoms with Crippen LogP contribution in [0.15, 0.2) is 48.5 Å². The van der Waals surface area contributed by atoms with Crippen molar-refractivity contribution in [1.29, 1.82) is 5.26 Å². The van der Waals surface area contributed by atoms with Crippen LogP contribution in [0.4, 0.5) is 4.39 Å². The molecule has 0 bridgehead atoms. The monoisotopic (exact) mass is 282 g/mol. The van der Waals surface area contributed by atoms with Gasteiger partial charge in [0.1, 0.15) is 11.9 Å². The number of benzene rings is 2. The van der Waals surface area contributed by atoms with Crippen molar-refractivity contribution in [3.05, 3.63) is 59.9 Å². The first-order valence-corrected chi connectivity index (χ1v) is 6.86. The zero-order chi connectivity index (χ0) is 14.8. The van der Waals surface area contributed by atoms with E-state index >= 15 is 0 Å². The molecule has 21 heavy (non-hydrogen) atoms. The largest absolute Gasteiger partial charge is 0.395 e. The number of nitriles is 1. The Labute approximate surface area is 122 Å². The number of halogens is 1. The minimum absolute atomic E-state index is 0.00207. The van der Waals surface area contributed by atoms with Gasteiger partial charge in [0.05, 0.1) is 12.7 Å². The second-order valence-corrected chi connectivity index (χ2v) is 5.19. The van der Waals surface area contributed by atoms with E-state index in [1.165, 1.54) is 6.07 Å². The van der Waals surface area contributed by atoms with Crippen molar-refractivity contribution in [2.75, 3.05) is 6.61 Å². The van der Waals surface area contributed by atoms with Crippen LogP contribution in [0, 0.1) is 17.1 Å². The molecule has 0 aliphatic carbocycles. The van der Waals surface area contributed by atoms with E-state index in [1.807, 2.05) is 24.3 Å². The fraction of sp³-hybridized carbons (Fsp3) is 0.235. The lowest BCUT2D eigenvalue weighted by Crippen LogP contribution is -2.60. The van der Waals surface area contributed by atoms with E-state index in [4.69, 9.17) is 5.26 Å². The lowest BCUT2D eigenvalue weighted by atomic mass is 9.78. The summed E-state index contributed by atoms with van der Waals surface area (Å²) in [5.41, 5.74) is 2.35. The molecule has 106 valence electrons. The molecule has 1 aliphatic rings. The summed E-state index contributed by atoms with van der Waals surface area (Å²) in [5, 5.41) is 21.3. The van der Waals surface area contributed by atoms with Crippen molar-refractivity contribution in [1.82, 2.24) is 5.32 Å². The Morgan fingerprint density at radius 2 is 1.86 bits per heavy atom. The lowest BCUT2D eigenvalue weighted by Gasteiger charge is -2.41. The molecular weight excluding hydrogens is 267 g/mol. The third kappa shape index (κ3) is 2.42. The molecule has 0 unspecified atom stereocenters. The standard InChI is InChI=1S/C17H15FN2O/c18-14-4-2-1-3-13(14)11-5-7-12(8-6-11)17-15(9-19)20-16(17)10-21/h1-8,15-17,20-21H,10H2/t15-,16+,17-/m0/s1. The van der Waals surface area contributed by atoms with Gasteiger partial charge in [-0.15, -0.1) is 0 Å². The average molecular weight is 282 g/mol. The highest BCUT2D eigenvalue weighted by atomic mass is 19.1. The number of nitrogens with zero attached hydrogens (tertiary/aromatic N) is 1. The Bertz CT molecular complexity index is 678. The number of rotatable bonds is 3. The molecule has 3 rings (SSSR count). The molecule has 0 aromatic heterocycles. The fourth-order valence-corrected chi connectivity index (χ4v) is 2.84. The smallest absolute Gasteiger partial charge is 0.131 e. The van der Waals surface area contributed by atoms with Crippen molar-refractivity contribution >= 4 is 0 Å². The summed E-state index contributed by atoms with van der Waals surface area (Å²) in [6.45, 7) is -0.00207. The van der Waals surface area contributed by atoms with E-state index < -0.39 is 0 Å². The number of hydrogen-bond acceptors (Lipinski definition) is 3. The first-order valence-electron chi connectivity index (χ1n) is 6.86. The quantitative estimate of drug-likeness (QED) is 0.909. The van der Waals surface area contributed by atoms with Gasteiger partial charge in [-0.1, -0.05) is 42.5 Å². The maximum atomic E-state index is 13.8. The summed E-state index contributed by atoms with van der Waals surface area (Å²) in [6.07, 6.45) is 0. The molecule has 0 amide bonds. The number of aliphatic hydroxyl groups excluding tert-OH is 1. The Hall–Kier alpha value is -2.22. The molecule has 3 atom stereocenters. The average Bonchev–Trinajstić information content (AvgIpc) is 2.49. The third-order valence-electron chi connectivity index (χ3n) is 4.00. The van der Waals surface area contributed by atoms with Crippen LogP contribution < -0.4 is 5.32 Å². The van der Waals surface area contributed by atoms with E-state index in [0.29, 0.717) is 5.56 Å². The Morgan fingerprint density at radius 3 is 2.48 bits per heavy atom. The van der Waals surface area contributed by atoms with Crippen molar-refractivity contribution in [2.24, 2.45) is 0 Å². The molecule has 2 N–H and O–H groups in total. The van der Waals surface area contributed by atoms with E-state index in [1.54, 1.807) is 18.2 Å². The van der Waals surface area contributed by atoms with Gasteiger partial charge in [0, 0.05) is 17.5 Å². The number of hydrogen-bond donors (Lipinski definition) is 2. The van der Waals surface area contributed by atoms with E-state index in [-0.39, 0.29) is 30.4 Å². The Morgan fingerprint density at radius 1 is 1.14 bits per heavy atom. The van der Waals surface area contributed by atoms with Crippen LogP contribution in [0.25, 0.3) is 11.1 Å². The van der Waals surface area contributed by atoms with Crippen molar-refractivity contribution in [2.45, 2.75) is 18.0 Å². The van der Waals surface area contributed by atoms with Gasteiger partial charge in [0.25, 0.3) is 0 Å². The zero-order valence-corrected chi connectivity index (χ0v) is 11.3. The summed E-state index contributed by atoms with van der Waals surface area (Å²) in [6, 6.07) is 16.0. The predicted octanol–water partition coefficient (Wildman–Crippen LogP) is 2.43. The van der Waals surface area contributed by atoms with Crippen LogP contribution >= 0.6 is 0 Å². The highest BCUT2D eigenvalue weighted by molar-refractivity contribution is 5.64. The second kappa shape index (κ2) is 5.65. The molecule has 0 spiro atoms. The summed E-state index contributed by atoms with van der Waals surface area (Å²) in [7, 11) is 0. The van der Waals surface area contributed by atoms with Gasteiger partial charge in [-0.2, -0.15) is 5.26 Å². The summed E-state index contributed by atoms with van der Waals surface area (Å²) >= 11 is 0. The SMILES string of the molecule is N#C[C@@H]1N[C@H](CO)[C@H]1c1ccc(-c2ccccc2F)cc1. The fourth-order valence-electron chi connectivity index (χ4n) is 2.84. The van der Waals surface area contributed by atoms with Gasteiger partial charge in [-0.25, -0.2) is 4.39 Å². The highest BCUT2D eigenvalue weighted by Gasteiger charge is 2.41.